The van der Waals surface area contributed by atoms with Gasteiger partial charge in [-0.05, 0) is 31.7 Å². The van der Waals surface area contributed by atoms with Gasteiger partial charge in [-0.25, -0.2) is 0 Å². The Morgan fingerprint density at radius 1 is 1.22 bits per heavy atom. The highest BCUT2D eigenvalue weighted by Gasteiger charge is 2.47. The fourth-order valence-corrected chi connectivity index (χ4v) is 3.51. The van der Waals surface area contributed by atoms with Crippen LogP contribution in [0.4, 0.5) is 13.2 Å². The zero-order chi connectivity index (χ0) is 16.8. The summed E-state index contributed by atoms with van der Waals surface area (Å²) in [6.07, 6.45) is -3.15. The predicted octanol–water partition coefficient (Wildman–Crippen LogP) is 3.03. The second kappa shape index (κ2) is 5.53. The average Bonchev–Trinajstić information content (AvgIpc) is 2.80. The van der Waals surface area contributed by atoms with Crippen LogP contribution in [0.3, 0.4) is 0 Å². The summed E-state index contributed by atoms with van der Waals surface area (Å²) >= 11 is 0. The number of fused-ring (bicyclic) bond motifs is 1. The maximum atomic E-state index is 13.2. The fourth-order valence-electron chi connectivity index (χ4n) is 3.51. The number of rotatable bonds is 1. The molecule has 1 atom stereocenters. The number of amides is 1. The topological polar surface area (TPSA) is 64.3 Å². The highest BCUT2D eigenvalue weighted by Crippen LogP contribution is 2.43. The van der Waals surface area contributed by atoms with Crippen LogP contribution in [0.2, 0.25) is 0 Å². The van der Waals surface area contributed by atoms with Crippen molar-refractivity contribution in [1.82, 2.24) is 4.90 Å². The second-order valence-electron chi connectivity index (χ2n) is 5.97. The molecule has 2 aliphatic rings. The lowest BCUT2D eigenvalue weighted by atomic mass is 9.91. The van der Waals surface area contributed by atoms with Gasteiger partial charge in [-0.1, -0.05) is 12.1 Å². The number of carbonyl (C=O) groups is 1. The first-order chi connectivity index (χ1) is 10.8. The van der Waals surface area contributed by atoms with Gasteiger partial charge in [0.05, 0.1) is 23.3 Å². The molecule has 1 fully saturated rings. The molecule has 0 aromatic heterocycles. The van der Waals surface area contributed by atoms with Crippen LogP contribution in [0.1, 0.15) is 53.2 Å². The van der Waals surface area contributed by atoms with E-state index in [2.05, 4.69) is 0 Å². The molecule has 0 saturated heterocycles. The molecule has 1 saturated carbocycles. The molecule has 1 amide bonds. The van der Waals surface area contributed by atoms with Crippen molar-refractivity contribution in [2.75, 3.05) is 0 Å². The summed E-state index contributed by atoms with van der Waals surface area (Å²) in [4.78, 5) is 13.9. The van der Waals surface area contributed by atoms with Crippen molar-refractivity contribution in [3.63, 3.8) is 0 Å². The molecule has 0 radical (unpaired) electrons. The highest BCUT2D eigenvalue weighted by molar-refractivity contribution is 6.01. The van der Waals surface area contributed by atoms with Crippen LogP contribution >= 0.6 is 0 Å². The van der Waals surface area contributed by atoms with E-state index in [-0.39, 0.29) is 11.6 Å². The Morgan fingerprint density at radius 2 is 1.87 bits per heavy atom. The van der Waals surface area contributed by atoms with Crippen LogP contribution in [0.15, 0.2) is 18.2 Å². The van der Waals surface area contributed by atoms with Gasteiger partial charge in [0.25, 0.3) is 5.91 Å². The van der Waals surface area contributed by atoms with Gasteiger partial charge in [-0.15, -0.1) is 0 Å². The molecule has 1 aliphatic carbocycles. The Labute approximate surface area is 131 Å². The molecule has 1 aromatic carbocycles. The number of aliphatic hydroxyl groups excluding tert-OH is 1. The summed E-state index contributed by atoms with van der Waals surface area (Å²) in [5.74, 6) is -0.735. The van der Waals surface area contributed by atoms with Crippen LogP contribution in [-0.2, 0) is 6.18 Å². The molecule has 1 N–H and O–H groups in total. The smallest absolute Gasteiger partial charge is 0.393 e. The summed E-state index contributed by atoms with van der Waals surface area (Å²) in [6, 6.07) is 4.16. The van der Waals surface area contributed by atoms with Crippen molar-refractivity contribution in [3.05, 3.63) is 34.9 Å². The van der Waals surface area contributed by atoms with Crippen molar-refractivity contribution in [1.29, 1.82) is 5.26 Å². The first-order valence-electron chi connectivity index (χ1n) is 7.45. The number of alkyl halides is 3. The molecule has 1 aliphatic heterocycles. The van der Waals surface area contributed by atoms with Gasteiger partial charge in [-0.2, -0.15) is 18.4 Å². The third-order valence-corrected chi connectivity index (χ3v) is 4.61. The Balaban J connectivity index is 2.03. The van der Waals surface area contributed by atoms with Gasteiger partial charge in [0, 0.05) is 11.6 Å². The van der Waals surface area contributed by atoms with Gasteiger partial charge in [0.15, 0.2) is 0 Å². The molecule has 1 unspecified atom stereocenters. The van der Waals surface area contributed by atoms with Crippen LogP contribution in [0.5, 0.6) is 0 Å². The van der Waals surface area contributed by atoms with Crippen molar-refractivity contribution >= 4 is 5.91 Å². The number of carbonyl (C=O) groups excluding carboxylic acids is 1. The predicted molar refractivity (Wildman–Crippen MR) is 74.2 cm³/mol. The minimum absolute atomic E-state index is 0.124. The summed E-state index contributed by atoms with van der Waals surface area (Å²) in [5.41, 5.74) is -1.27. The maximum absolute atomic E-state index is 13.2. The standard InChI is InChI=1S/C16H15F3N2O2/c17-16(18,19)12-3-1-2-11-13(8-20)21(15(23)14(11)12)9-4-6-10(22)7-5-9/h1-3,9-10,13,22H,4-7H2. The van der Waals surface area contributed by atoms with E-state index in [0.717, 1.165) is 6.07 Å². The third-order valence-electron chi connectivity index (χ3n) is 4.61. The van der Waals surface area contributed by atoms with Crippen LogP contribution in [0, 0.1) is 11.3 Å². The lowest BCUT2D eigenvalue weighted by Gasteiger charge is -2.34. The Hall–Kier alpha value is -2.07. The normalized spacial score (nSPS) is 27.7. The fraction of sp³-hybridized carbons (Fsp3) is 0.500. The first-order valence-corrected chi connectivity index (χ1v) is 7.45. The number of hydrogen-bond acceptors (Lipinski definition) is 3. The Morgan fingerprint density at radius 3 is 2.43 bits per heavy atom. The number of hydrogen-bond donors (Lipinski definition) is 1. The molecular formula is C16H15F3N2O2. The molecule has 7 heteroatoms. The molecule has 1 aromatic rings. The van der Waals surface area contributed by atoms with Crippen molar-refractivity contribution in [2.45, 2.75) is 50.0 Å². The van der Waals surface area contributed by atoms with Crippen LogP contribution < -0.4 is 0 Å². The average molecular weight is 324 g/mol. The van der Waals surface area contributed by atoms with E-state index in [1.807, 2.05) is 6.07 Å². The molecule has 3 rings (SSSR count). The van der Waals surface area contributed by atoms with Gasteiger partial charge in [0.1, 0.15) is 6.04 Å². The van der Waals surface area contributed by atoms with Crippen molar-refractivity contribution in [3.8, 4) is 6.07 Å². The highest BCUT2D eigenvalue weighted by atomic mass is 19.4. The van der Waals surface area contributed by atoms with E-state index in [1.165, 1.54) is 17.0 Å². The molecule has 0 spiro atoms. The van der Waals surface area contributed by atoms with E-state index in [0.29, 0.717) is 25.7 Å². The largest absolute Gasteiger partial charge is 0.417 e. The van der Waals surface area contributed by atoms with E-state index in [9.17, 15) is 28.3 Å². The van der Waals surface area contributed by atoms with Crippen LogP contribution in [-0.4, -0.2) is 28.1 Å². The summed E-state index contributed by atoms with van der Waals surface area (Å²) in [7, 11) is 0. The number of nitriles is 1. The number of benzene rings is 1. The van der Waals surface area contributed by atoms with Gasteiger partial charge in [0.2, 0.25) is 0 Å². The van der Waals surface area contributed by atoms with E-state index >= 15 is 0 Å². The number of nitrogens with zero attached hydrogens (tertiary/aromatic N) is 2. The first kappa shape index (κ1) is 15.8. The monoisotopic (exact) mass is 324 g/mol. The zero-order valence-electron chi connectivity index (χ0n) is 12.2. The Bertz CT molecular complexity index is 673. The summed E-state index contributed by atoms with van der Waals surface area (Å²) in [5, 5.41) is 19.0. The van der Waals surface area contributed by atoms with Crippen molar-refractivity contribution < 1.29 is 23.1 Å². The Kier molecular flexibility index (Phi) is 3.80. The zero-order valence-corrected chi connectivity index (χ0v) is 12.2. The van der Waals surface area contributed by atoms with E-state index in [1.54, 1.807) is 0 Å². The third kappa shape index (κ3) is 2.57. The molecule has 0 bridgehead atoms. The van der Waals surface area contributed by atoms with E-state index in [4.69, 9.17) is 0 Å². The van der Waals surface area contributed by atoms with E-state index < -0.39 is 35.4 Å². The van der Waals surface area contributed by atoms with Crippen molar-refractivity contribution in [2.24, 2.45) is 0 Å². The van der Waals surface area contributed by atoms with Crippen LogP contribution in [0.25, 0.3) is 0 Å². The summed E-state index contributed by atoms with van der Waals surface area (Å²) < 4.78 is 39.5. The van der Waals surface area contributed by atoms with Gasteiger partial charge >= 0.3 is 6.18 Å². The lowest BCUT2D eigenvalue weighted by molar-refractivity contribution is -0.137. The molecule has 122 valence electrons. The van der Waals surface area contributed by atoms with Gasteiger partial charge < -0.3 is 10.0 Å². The second-order valence-corrected chi connectivity index (χ2v) is 5.97. The number of halogens is 3. The molecule has 23 heavy (non-hydrogen) atoms. The SMILES string of the molecule is N#CC1c2cccc(C(F)(F)F)c2C(=O)N1C1CCC(O)CC1. The lowest BCUT2D eigenvalue weighted by Crippen LogP contribution is -2.41. The maximum Gasteiger partial charge on any atom is 0.417 e. The molecule has 4 nitrogen and oxygen atoms in total. The number of aliphatic hydroxyl groups is 1. The van der Waals surface area contributed by atoms with Gasteiger partial charge in [-0.3, -0.25) is 4.79 Å². The summed E-state index contributed by atoms with van der Waals surface area (Å²) in [6.45, 7) is 0. The molecule has 1 heterocycles. The molecular weight excluding hydrogens is 309 g/mol. The minimum atomic E-state index is -4.64. The quantitative estimate of drug-likeness (QED) is 0.863. The minimum Gasteiger partial charge on any atom is -0.393 e.